The van der Waals surface area contributed by atoms with E-state index in [1.807, 2.05) is 0 Å². The summed E-state index contributed by atoms with van der Waals surface area (Å²) in [6, 6.07) is 3.33. The molecular formula is C8H12N2O2. The van der Waals surface area contributed by atoms with Crippen molar-refractivity contribution in [2.45, 2.75) is 6.54 Å². The Balaban J connectivity index is 2.85. The molecule has 0 aliphatic rings. The van der Waals surface area contributed by atoms with Crippen molar-refractivity contribution in [3.05, 3.63) is 28.7 Å². The lowest BCUT2D eigenvalue weighted by Gasteiger charge is -2.04. The number of hydrogen-bond acceptors (Lipinski definition) is 3. The van der Waals surface area contributed by atoms with Crippen molar-refractivity contribution in [2.24, 2.45) is 0 Å². The molecule has 12 heavy (non-hydrogen) atoms. The standard InChI is InChI=1S/C8H12N2O2/c1-12-6-5-10-4-2-3-7(9)8(10)11/h2-4H,5-6,9H2,1H3. The van der Waals surface area contributed by atoms with Crippen molar-refractivity contribution in [2.75, 3.05) is 19.5 Å². The predicted octanol–water partition coefficient (Wildman–Crippen LogP) is 0.0769. The molecular weight excluding hydrogens is 156 g/mol. The van der Waals surface area contributed by atoms with Gasteiger partial charge in [-0.15, -0.1) is 0 Å². The first kappa shape index (κ1) is 8.80. The van der Waals surface area contributed by atoms with E-state index in [4.69, 9.17) is 10.5 Å². The van der Waals surface area contributed by atoms with E-state index in [1.165, 1.54) is 4.57 Å². The van der Waals surface area contributed by atoms with Gasteiger partial charge in [0.1, 0.15) is 0 Å². The normalized spacial score (nSPS) is 10.1. The molecule has 0 fully saturated rings. The number of pyridine rings is 1. The van der Waals surface area contributed by atoms with Crippen LogP contribution in [0.5, 0.6) is 0 Å². The van der Waals surface area contributed by atoms with Gasteiger partial charge in [-0.1, -0.05) is 0 Å². The highest BCUT2D eigenvalue weighted by molar-refractivity contribution is 5.33. The Bertz CT molecular complexity index is 306. The van der Waals surface area contributed by atoms with E-state index in [2.05, 4.69) is 0 Å². The number of hydrogen-bond donors (Lipinski definition) is 1. The maximum Gasteiger partial charge on any atom is 0.273 e. The molecule has 1 aromatic heterocycles. The molecule has 0 unspecified atom stereocenters. The maximum absolute atomic E-state index is 11.3. The number of anilines is 1. The third kappa shape index (κ3) is 1.85. The smallest absolute Gasteiger partial charge is 0.273 e. The van der Waals surface area contributed by atoms with Crippen molar-refractivity contribution < 1.29 is 4.74 Å². The first-order valence-corrected chi connectivity index (χ1v) is 3.69. The minimum atomic E-state index is -0.158. The van der Waals surface area contributed by atoms with Crippen LogP contribution in [0.25, 0.3) is 0 Å². The van der Waals surface area contributed by atoms with Crippen molar-refractivity contribution in [1.82, 2.24) is 4.57 Å². The number of nitrogens with zero attached hydrogens (tertiary/aromatic N) is 1. The quantitative estimate of drug-likeness (QED) is 0.695. The summed E-state index contributed by atoms with van der Waals surface area (Å²) in [5.41, 5.74) is 5.53. The summed E-state index contributed by atoms with van der Waals surface area (Å²) in [5.74, 6) is 0. The molecule has 0 aromatic carbocycles. The molecule has 0 bridgehead atoms. The van der Waals surface area contributed by atoms with Crippen LogP contribution in [0.4, 0.5) is 5.69 Å². The average molecular weight is 168 g/mol. The van der Waals surface area contributed by atoms with E-state index in [1.54, 1.807) is 25.4 Å². The largest absolute Gasteiger partial charge is 0.394 e. The van der Waals surface area contributed by atoms with Crippen LogP contribution in [0, 0.1) is 0 Å². The molecule has 0 aliphatic carbocycles. The zero-order valence-corrected chi connectivity index (χ0v) is 6.99. The van der Waals surface area contributed by atoms with Crippen LogP contribution in [0.3, 0.4) is 0 Å². The van der Waals surface area contributed by atoms with Gasteiger partial charge in [0.05, 0.1) is 12.3 Å². The fourth-order valence-corrected chi connectivity index (χ4v) is 0.921. The van der Waals surface area contributed by atoms with Crippen LogP contribution in [0.15, 0.2) is 23.1 Å². The van der Waals surface area contributed by atoms with E-state index < -0.39 is 0 Å². The highest BCUT2D eigenvalue weighted by Gasteiger charge is 1.97. The van der Waals surface area contributed by atoms with Crippen LogP contribution < -0.4 is 11.3 Å². The zero-order valence-electron chi connectivity index (χ0n) is 6.99. The monoisotopic (exact) mass is 168 g/mol. The molecule has 1 heterocycles. The Morgan fingerprint density at radius 2 is 2.42 bits per heavy atom. The summed E-state index contributed by atoms with van der Waals surface area (Å²) in [6.45, 7) is 1.06. The van der Waals surface area contributed by atoms with Crippen molar-refractivity contribution >= 4 is 5.69 Å². The van der Waals surface area contributed by atoms with Gasteiger partial charge in [0.15, 0.2) is 0 Å². The van der Waals surface area contributed by atoms with E-state index in [-0.39, 0.29) is 11.2 Å². The molecule has 0 spiro atoms. The maximum atomic E-state index is 11.3. The van der Waals surface area contributed by atoms with Gasteiger partial charge in [-0.3, -0.25) is 4.79 Å². The second-order valence-corrected chi connectivity index (χ2v) is 2.45. The highest BCUT2D eigenvalue weighted by atomic mass is 16.5. The predicted molar refractivity (Wildman–Crippen MR) is 47.0 cm³/mol. The summed E-state index contributed by atoms with van der Waals surface area (Å²) in [7, 11) is 1.59. The van der Waals surface area contributed by atoms with Crippen molar-refractivity contribution in [3.63, 3.8) is 0 Å². The third-order valence-electron chi connectivity index (χ3n) is 1.59. The van der Waals surface area contributed by atoms with Gasteiger partial charge >= 0.3 is 0 Å². The summed E-state index contributed by atoms with van der Waals surface area (Å²) in [4.78, 5) is 11.3. The number of aromatic nitrogens is 1. The van der Waals surface area contributed by atoms with Crippen LogP contribution in [0.2, 0.25) is 0 Å². The lowest BCUT2D eigenvalue weighted by Crippen LogP contribution is -2.23. The molecule has 0 saturated heterocycles. The summed E-state index contributed by atoms with van der Waals surface area (Å²) < 4.78 is 6.37. The number of nitrogen functional groups attached to an aromatic ring is 1. The Morgan fingerprint density at radius 3 is 3.08 bits per heavy atom. The first-order chi connectivity index (χ1) is 5.75. The fourth-order valence-electron chi connectivity index (χ4n) is 0.921. The highest BCUT2D eigenvalue weighted by Crippen LogP contribution is 1.91. The molecule has 2 N–H and O–H groups in total. The topological polar surface area (TPSA) is 57.2 Å². The number of rotatable bonds is 3. The molecule has 0 saturated carbocycles. The molecule has 66 valence electrons. The third-order valence-corrected chi connectivity index (χ3v) is 1.59. The average Bonchev–Trinajstić information content (AvgIpc) is 2.08. The van der Waals surface area contributed by atoms with Crippen LogP contribution >= 0.6 is 0 Å². The summed E-state index contributed by atoms with van der Waals surface area (Å²) in [5, 5.41) is 0. The van der Waals surface area contributed by atoms with E-state index in [0.717, 1.165) is 0 Å². The molecule has 0 atom stereocenters. The van der Waals surface area contributed by atoms with E-state index in [9.17, 15) is 4.79 Å². The SMILES string of the molecule is COCCn1cccc(N)c1=O. The molecule has 1 rings (SSSR count). The number of methoxy groups -OCH3 is 1. The Kier molecular flexibility index (Phi) is 2.88. The molecule has 1 aromatic rings. The fraction of sp³-hybridized carbons (Fsp3) is 0.375. The van der Waals surface area contributed by atoms with Gasteiger partial charge in [-0.25, -0.2) is 0 Å². The Hall–Kier alpha value is -1.29. The minimum Gasteiger partial charge on any atom is -0.394 e. The lowest BCUT2D eigenvalue weighted by molar-refractivity contribution is 0.186. The number of nitrogens with two attached hydrogens (primary N) is 1. The second-order valence-electron chi connectivity index (χ2n) is 2.45. The van der Waals surface area contributed by atoms with Gasteiger partial charge < -0.3 is 15.0 Å². The molecule has 0 radical (unpaired) electrons. The minimum absolute atomic E-state index is 0.158. The molecule has 0 aliphatic heterocycles. The second kappa shape index (κ2) is 3.92. The Morgan fingerprint density at radius 1 is 1.67 bits per heavy atom. The van der Waals surface area contributed by atoms with E-state index >= 15 is 0 Å². The van der Waals surface area contributed by atoms with E-state index in [0.29, 0.717) is 13.2 Å². The van der Waals surface area contributed by atoms with Gasteiger partial charge in [-0.05, 0) is 12.1 Å². The van der Waals surface area contributed by atoms with Crippen molar-refractivity contribution in [3.8, 4) is 0 Å². The lowest BCUT2D eigenvalue weighted by atomic mass is 10.4. The zero-order chi connectivity index (χ0) is 8.97. The molecule has 0 amide bonds. The van der Waals surface area contributed by atoms with Crippen molar-refractivity contribution in [1.29, 1.82) is 0 Å². The van der Waals surface area contributed by atoms with Gasteiger partial charge in [0.2, 0.25) is 0 Å². The van der Waals surface area contributed by atoms with Gasteiger partial charge in [0.25, 0.3) is 5.56 Å². The first-order valence-electron chi connectivity index (χ1n) is 3.69. The van der Waals surface area contributed by atoms with Crippen LogP contribution in [-0.4, -0.2) is 18.3 Å². The number of ether oxygens (including phenoxy) is 1. The summed E-state index contributed by atoms with van der Waals surface area (Å²) in [6.07, 6.45) is 1.69. The van der Waals surface area contributed by atoms with Gasteiger partial charge in [0, 0.05) is 19.9 Å². The van der Waals surface area contributed by atoms with Crippen LogP contribution in [0.1, 0.15) is 0 Å². The molecule has 4 nitrogen and oxygen atoms in total. The molecule has 4 heteroatoms. The van der Waals surface area contributed by atoms with Crippen LogP contribution in [-0.2, 0) is 11.3 Å². The summed E-state index contributed by atoms with van der Waals surface area (Å²) >= 11 is 0. The Labute approximate surface area is 70.6 Å². The van der Waals surface area contributed by atoms with Gasteiger partial charge in [-0.2, -0.15) is 0 Å².